The Hall–Kier alpha value is -1.27. The van der Waals surface area contributed by atoms with Gasteiger partial charge in [0.05, 0.1) is 0 Å². The smallest absolute Gasteiger partial charge is 0.331 e. The maximum absolute atomic E-state index is 11.5. The molecule has 0 atom stereocenters. The molecule has 0 unspecified atom stereocenters. The molecule has 6 heteroatoms. The summed E-state index contributed by atoms with van der Waals surface area (Å²) < 4.78 is 5.84. The van der Waals surface area contributed by atoms with Crippen molar-refractivity contribution < 1.29 is 14.3 Å². The standard InChI is InChI=1S/C15H18BrNO3S/c1-11(2)9-15(19)20-10-14(18)17-7-8-21-13-5-3-12(16)4-6-13/h3-6,9H,7-8,10H2,1-2H3,(H,17,18). The highest BCUT2D eigenvalue weighted by Crippen LogP contribution is 2.19. The molecule has 0 aliphatic rings. The maximum Gasteiger partial charge on any atom is 0.331 e. The molecule has 0 saturated carbocycles. The van der Waals surface area contributed by atoms with E-state index in [4.69, 9.17) is 4.74 Å². The van der Waals surface area contributed by atoms with Gasteiger partial charge in [0, 0.05) is 27.7 Å². The fraction of sp³-hybridized carbons (Fsp3) is 0.333. The summed E-state index contributed by atoms with van der Waals surface area (Å²) in [6.07, 6.45) is 1.36. The first-order valence-electron chi connectivity index (χ1n) is 6.44. The highest BCUT2D eigenvalue weighted by Gasteiger charge is 2.04. The number of thioether (sulfide) groups is 1. The minimum Gasteiger partial charge on any atom is -0.452 e. The zero-order valence-corrected chi connectivity index (χ0v) is 14.4. The number of ether oxygens (including phenoxy) is 1. The van der Waals surface area contributed by atoms with Gasteiger partial charge >= 0.3 is 5.97 Å². The van der Waals surface area contributed by atoms with Gasteiger partial charge in [0.2, 0.25) is 0 Å². The van der Waals surface area contributed by atoms with E-state index in [1.165, 1.54) is 6.08 Å². The number of carbonyl (C=O) groups is 2. The molecule has 1 N–H and O–H groups in total. The summed E-state index contributed by atoms with van der Waals surface area (Å²) >= 11 is 5.03. The quantitative estimate of drug-likeness (QED) is 0.346. The summed E-state index contributed by atoms with van der Waals surface area (Å²) in [4.78, 5) is 23.8. The van der Waals surface area contributed by atoms with E-state index >= 15 is 0 Å². The molecule has 1 amide bonds. The van der Waals surface area contributed by atoms with Crippen molar-refractivity contribution in [1.82, 2.24) is 5.32 Å². The van der Waals surface area contributed by atoms with Crippen LogP contribution in [0.1, 0.15) is 13.8 Å². The average molecular weight is 372 g/mol. The molecule has 0 aliphatic carbocycles. The number of hydrogen-bond donors (Lipinski definition) is 1. The van der Waals surface area contributed by atoms with Crippen LogP contribution in [0.4, 0.5) is 0 Å². The number of nitrogens with one attached hydrogen (secondary N) is 1. The zero-order chi connectivity index (χ0) is 15.7. The number of amides is 1. The first-order valence-corrected chi connectivity index (χ1v) is 8.22. The Kier molecular flexibility index (Phi) is 8.15. The van der Waals surface area contributed by atoms with Gasteiger partial charge in [0.1, 0.15) is 0 Å². The van der Waals surface area contributed by atoms with Crippen LogP contribution in [0.15, 0.2) is 45.3 Å². The first kappa shape index (κ1) is 17.8. The third kappa shape index (κ3) is 8.57. The van der Waals surface area contributed by atoms with Crippen molar-refractivity contribution in [3.8, 4) is 0 Å². The molecule has 0 saturated heterocycles. The molecule has 114 valence electrons. The van der Waals surface area contributed by atoms with Gasteiger partial charge in [-0.15, -0.1) is 11.8 Å². The lowest BCUT2D eigenvalue weighted by atomic mass is 10.3. The van der Waals surface area contributed by atoms with Gasteiger partial charge < -0.3 is 10.1 Å². The molecule has 0 aromatic heterocycles. The summed E-state index contributed by atoms with van der Waals surface area (Å²) in [5.41, 5.74) is 0.839. The maximum atomic E-state index is 11.5. The Bertz CT molecular complexity index is 510. The zero-order valence-electron chi connectivity index (χ0n) is 12.0. The lowest BCUT2D eigenvalue weighted by Gasteiger charge is -2.05. The number of hydrogen-bond acceptors (Lipinski definition) is 4. The molecule has 0 radical (unpaired) electrons. The van der Waals surface area contributed by atoms with Crippen LogP contribution in [0.3, 0.4) is 0 Å². The number of carbonyl (C=O) groups excluding carboxylic acids is 2. The van der Waals surface area contributed by atoms with Crippen LogP contribution in [-0.2, 0) is 14.3 Å². The Labute approximate surface area is 137 Å². The van der Waals surface area contributed by atoms with Crippen LogP contribution in [0.5, 0.6) is 0 Å². The second-order valence-electron chi connectivity index (χ2n) is 4.48. The van der Waals surface area contributed by atoms with Gasteiger partial charge in [0.15, 0.2) is 6.61 Å². The Morgan fingerprint density at radius 1 is 1.29 bits per heavy atom. The summed E-state index contributed by atoms with van der Waals surface area (Å²) in [5, 5.41) is 2.71. The Morgan fingerprint density at radius 2 is 1.95 bits per heavy atom. The highest BCUT2D eigenvalue weighted by molar-refractivity contribution is 9.10. The predicted molar refractivity (Wildman–Crippen MR) is 88.3 cm³/mol. The number of halogens is 1. The van der Waals surface area contributed by atoms with Gasteiger partial charge in [-0.3, -0.25) is 4.79 Å². The van der Waals surface area contributed by atoms with Crippen LogP contribution in [0, 0.1) is 0 Å². The largest absolute Gasteiger partial charge is 0.452 e. The third-order valence-corrected chi connectivity index (χ3v) is 3.80. The lowest BCUT2D eigenvalue weighted by Crippen LogP contribution is -2.30. The number of esters is 1. The summed E-state index contributed by atoms with van der Waals surface area (Å²) in [5.74, 6) is -0.0220. The molecule has 0 fully saturated rings. The summed E-state index contributed by atoms with van der Waals surface area (Å²) in [6, 6.07) is 7.97. The monoisotopic (exact) mass is 371 g/mol. The molecule has 1 aromatic rings. The minimum atomic E-state index is -0.491. The number of allylic oxidation sites excluding steroid dienone is 1. The Balaban J connectivity index is 2.15. The second-order valence-corrected chi connectivity index (χ2v) is 6.57. The van der Waals surface area contributed by atoms with Crippen molar-refractivity contribution >= 4 is 39.6 Å². The topological polar surface area (TPSA) is 55.4 Å². The SMILES string of the molecule is CC(C)=CC(=O)OCC(=O)NCCSc1ccc(Br)cc1. The normalized spacial score (nSPS) is 9.86. The number of benzene rings is 1. The van der Waals surface area contributed by atoms with Crippen molar-refractivity contribution in [2.75, 3.05) is 18.9 Å². The lowest BCUT2D eigenvalue weighted by molar-refractivity contribution is -0.143. The molecular weight excluding hydrogens is 354 g/mol. The van der Waals surface area contributed by atoms with E-state index in [0.29, 0.717) is 6.54 Å². The van der Waals surface area contributed by atoms with E-state index in [0.717, 1.165) is 20.7 Å². The van der Waals surface area contributed by atoms with Crippen LogP contribution in [0.2, 0.25) is 0 Å². The van der Waals surface area contributed by atoms with E-state index in [1.54, 1.807) is 25.6 Å². The van der Waals surface area contributed by atoms with Crippen molar-refractivity contribution in [3.05, 3.63) is 40.4 Å². The molecule has 1 rings (SSSR count). The first-order chi connectivity index (χ1) is 9.97. The van der Waals surface area contributed by atoms with Gasteiger partial charge in [-0.2, -0.15) is 0 Å². The molecule has 0 spiro atoms. The fourth-order valence-electron chi connectivity index (χ4n) is 1.36. The van der Waals surface area contributed by atoms with E-state index in [1.807, 2.05) is 24.3 Å². The molecular formula is C15H18BrNO3S. The molecule has 0 aliphatic heterocycles. The second kappa shape index (κ2) is 9.63. The van der Waals surface area contributed by atoms with E-state index in [2.05, 4.69) is 21.2 Å². The minimum absolute atomic E-state index is 0.244. The van der Waals surface area contributed by atoms with Crippen molar-refractivity contribution in [2.45, 2.75) is 18.7 Å². The molecule has 0 heterocycles. The fourth-order valence-corrected chi connectivity index (χ4v) is 2.39. The van der Waals surface area contributed by atoms with Gasteiger partial charge in [0.25, 0.3) is 5.91 Å². The summed E-state index contributed by atoms with van der Waals surface area (Å²) in [6.45, 7) is 3.87. The van der Waals surface area contributed by atoms with Crippen molar-refractivity contribution in [3.63, 3.8) is 0 Å². The van der Waals surface area contributed by atoms with Crippen LogP contribution < -0.4 is 5.32 Å². The van der Waals surface area contributed by atoms with E-state index in [-0.39, 0.29) is 12.5 Å². The molecule has 1 aromatic carbocycles. The number of rotatable bonds is 7. The van der Waals surface area contributed by atoms with Crippen molar-refractivity contribution in [1.29, 1.82) is 0 Å². The average Bonchev–Trinajstić information content (AvgIpc) is 2.42. The highest BCUT2D eigenvalue weighted by atomic mass is 79.9. The molecule has 21 heavy (non-hydrogen) atoms. The molecule has 0 bridgehead atoms. The van der Waals surface area contributed by atoms with Gasteiger partial charge in [-0.1, -0.05) is 21.5 Å². The predicted octanol–water partition coefficient (Wildman–Crippen LogP) is 3.17. The van der Waals surface area contributed by atoms with Crippen LogP contribution >= 0.6 is 27.7 Å². The van der Waals surface area contributed by atoms with Gasteiger partial charge in [-0.05, 0) is 38.1 Å². The van der Waals surface area contributed by atoms with Crippen LogP contribution in [-0.4, -0.2) is 30.8 Å². The molecule has 4 nitrogen and oxygen atoms in total. The van der Waals surface area contributed by atoms with Gasteiger partial charge in [-0.25, -0.2) is 4.79 Å². The summed E-state index contributed by atoms with van der Waals surface area (Å²) in [7, 11) is 0. The Morgan fingerprint density at radius 3 is 2.57 bits per heavy atom. The van der Waals surface area contributed by atoms with Crippen LogP contribution in [0.25, 0.3) is 0 Å². The van der Waals surface area contributed by atoms with Crippen molar-refractivity contribution in [2.24, 2.45) is 0 Å². The third-order valence-electron chi connectivity index (χ3n) is 2.26. The van der Waals surface area contributed by atoms with E-state index in [9.17, 15) is 9.59 Å². The van der Waals surface area contributed by atoms with E-state index < -0.39 is 5.97 Å².